The minimum absolute atomic E-state index is 0.310. The molecule has 1 fully saturated rings. The first-order valence-electron chi connectivity index (χ1n) is 6.65. The Kier molecular flexibility index (Phi) is 2.54. The average Bonchev–Trinajstić information content (AvgIpc) is 3.24. The van der Waals surface area contributed by atoms with E-state index in [1.165, 1.54) is 6.20 Å². The van der Waals surface area contributed by atoms with Crippen molar-refractivity contribution in [2.75, 3.05) is 4.90 Å². The summed E-state index contributed by atoms with van der Waals surface area (Å²) in [4.78, 5) is 22.2. The molecule has 0 aliphatic heterocycles. The van der Waals surface area contributed by atoms with Crippen molar-refractivity contribution in [3.63, 3.8) is 0 Å². The van der Waals surface area contributed by atoms with Crippen molar-refractivity contribution in [2.24, 2.45) is 0 Å². The number of aromatic amines is 1. The quantitative estimate of drug-likeness (QED) is 0.786. The fourth-order valence-corrected chi connectivity index (χ4v) is 2.28. The Balaban J connectivity index is 1.78. The maximum Gasteiger partial charge on any atom is 0.158 e. The molecule has 1 N–H and O–H groups in total. The van der Waals surface area contributed by atoms with Crippen molar-refractivity contribution in [2.45, 2.75) is 18.9 Å². The number of aromatic nitrogens is 5. The number of nitrogens with zero attached hydrogens (tertiary/aromatic N) is 6. The van der Waals surface area contributed by atoms with E-state index >= 15 is 0 Å². The third-order valence-electron chi connectivity index (χ3n) is 3.45. The van der Waals surface area contributed by atoms with E-state index in [1.807, 2.05) is 12.1 Å². The smallest absolute Gasteiger partial charge is 0.158 e. The second kappa shape index (κ2) is 4.52. The Bertz CT molecular complexity index is 826. The van der Waals surface area contributed by atoms with Crippen LogP contribution in [0.2, 0.25) is 0 Å². The molecule has 0 unspecified atom stereocenters. The number of anilines is 2. The maximum atomic E-state index is 8.81. The lowest BCUT2D eigenvalue weighted by molar-refractivity contribution is 0.909. The summed E-state index contributed by atoms with van der Waals surface area (Å²) in [7, 11) is 0. The summed E-state index contributed by atoms with van der Waals surface area (Å²) < 4.78 is 0. The highest BCUT2D eigenvalue weighted by molar-refractivity contribution is 5.78. The van der Waals surface area contributed by atoms with Gasteiger partial charge in [-0.3, -0.25) is 0 Å². The van der Waals surface area contributed by atoms with Crippen LogP contribution < -0.4 is 4.90 Å². The van der Waals surface area contributed by atoms with Gasteiger partial charge in [0.2, 0.25) is 0 Å². The zero-order valence-corrected chi connectivity index (χ0v) is 11.1. The van der Waals surface area contributed by atoms with Gasteiger partial charge in [0.25, 0.3) is 0 Å². The van der Waals surface area contributed by atoms with Crippen molar-refractivity contribution < 1.29 is 0 Å². The van der Waals surface area contributed by atoms with Gasteiger partial charge in [0.05, 0.1) is 36.0 Å². The van der Waals surface area contributed by atoms with Gasteiger partial charge in [0.1, 0.15) is 11.9 Å². The molecular formula is C14H11N7. The molecule has 4 rings (SSSR count). The summed E-state index contributed by atoms with van der Waals surface area (Å²) in [5, 5.41) is 8.81. The third-order valence-corrected chi connectivity index (χ3v) is 3.45. The van der Waals surface area contributed by atoms with E-state index in [4.69, 9.17) is 5.26 Å². The summed E-state index contributed by atoms with van der Waals surface area (Å²) in [6.07, 6.45) is 8.72. The van der Waals surface area contributed by atoms with Gasteiger partial charge in [-0.2, -0.15) is 5.26 Å². The zero-order chi connectivity index (χ0) is 14.2. The van der Waals surface area contributed by atoms with Crippen LogP contribution in [0.3, 0.4) is 0 Å². The summed E-state index contributed by atoms with van der Waals surface area (Å²) in [6, 6.07) is 4.30. The number of pyridine rings is 1. The predicted octanol–water partition coefficient (Wildman–Crippen LogP) is 1.92. The van der Waals surface area contributed by atoms with Gasteiger partial charge in [-0.1, -0.05) is 0 Å². The van der Waals surface area contributed by atoms with Gasteiger partial charge in [0, 0.05) is 12.1 Å². The van der Waals surface area contributed by atoms with Gasteiger partial charge in [-0.15, -0.1) is 0 Å². The van der Waals surface area contributed by atoms with Crippen molar-refractivity contribution in [1.82, 2.24) is 24.9 Å². The average molecular weight is 277 g/mol. The molecule has 3 aromatic rings. The molecule has 0 saturated heterocycles. The molecule has 0 amide bonds. The van der Waals surface area contributed by atoms with E-state index in [0.29, 0.717) is 17.6 Å². The van der Waals surface area contributed by atoms with Crippen molar-refractivity contribution in [1.29, 1.82) is 5.26 Å². The van der Waals surface area contributed by atoms with Crippen LogP contribution in [0.5, 0.6) is 0 Å². The number of nitriles is 1. The lowest BCUT2D eigenvalue weighted by atomic mass is 10.3. The number of hydrogen-bond acceptors (Lipinski definition) is 6. The van der Waals surface area contributed by atoms with Gasteiger partial charge in [-0.25, -0.2) is 19.9 Å². The molecule has 7 nitrogen and oxygen atoms in total. The molecule has 0 aromatic carbocycles. The van der Waals surface area contributed by atoms with Crippen LogP contribution in [0.1, 0.15) is 18.5 Å². The molecule has 102 valence electrons. The van der Waals surface area contributed by atoms with Crippen LogP contribution in [-0.2, 0) is 0 Å². The number of nitrogens with one attached hydrogen (secondary N) is 1. The zero-order valence-electron chi connectivity index (χ0n) is 11.1. The second-order valence-corrected chi connectivity index (χ2v) is 4.94. The first-order chi connectivity index (χ1) is 10.3. The van der Waals surface area contributed by atoms with Crippen molar-refractivity contribution in [3.8, 4) is 6.07 Å². The normalized spacial score (nSPS) is 14.0. The molecule has 1 aliphatic rings. The van der Waals surface area contributed by atoms with E-state index in [-0.39, 0.29) is 0 Å². The fraction of sp³-hybridized carbons (Fsp3) is 0.214. The van der Waals surface area contributed by atoms with E-state index in [2.05, 4.69) is 29.8 Å². The Morgan fingerprint density at radius 3 is 2.67 bits per heavy atom. The molecule has 0 bridgehead atoms. The lowest BCUT2D eigenvalue weighted by Crippen LogP contribution is -2.22. The molecule has 21 heavy (non-hydrogen) atoms. The topological polar surface area (TPSA) is 94.4 Å². The number of H-pyrrole nitrogens is 1. The van der Waals surface area contributed by atoms with E-state index < -0.39 is 0 Å². The Morgan fingerprint density at radius 1 is 1.10 bits per heavy atom. The SMILES string of the molecule is N#Cc1cnc(N(c2cc3nc[nH]c3cn2)C2CC2)cn1. The molecule has 1 aliphatic carbocycles. The highest BCUT2D eigenvalue weighted by Gasteiger charge is 2.32. The van der Waals surface area contributed by atoms with Crippen LogP contribution in [-0.4, -0.2) is 31.0 Å². The molecule has 0 spiro atoms. The summed E-state index contributed by atoms with van der Waals surface area (Å²) >= 11 is 0. The number of imidazole rings is 1. The Labute approximate surface area is 120 Å². The van der Waals surface area contributed by atoms with Crippen molar-refractivity contribution >= 4 is 22.7 Å². The first-order valence-corrected chi connectivity index (χ1v) is 6.65. The largest absolute Gasteiger partial charge is 0.343 e. The number of hydrogen-bond donors (Lipinski definition) is 1. The Morgan fingerprint density at radius 2 is 1.95 bits per heavy atom. The lowest BCUT2D eigenvalue weighted by Gasteiger charge is -2.21. The molecule has 0 atom stereocenters. The minimum atomic E-state index is 0.310. The molecule has 7 heteroatoms. The molecule has 1 saturated carbocycles. The van der Waals surface area contributed by atoms with E-state index in [9.17, 15) is 0 Å². The van der Waals surface area contributed by atoms with Crippen molar-refractivity contribution in [3.05, 3.63) is 36.7 Å². The van der Waals surface area contributed by atoms with Crippen LogP contribution >= 0.6 is 0 Å². The van der Waals surface area contributed by atoms with E-state index in [1.54, 1.807) is 18.7 Å². The summed E-state index contributed by atoms with van der Waals surface area (Å²) in [5.74, 6) is 1.51. The van der Waals surface area contributed by atoms with Crippen LogP contribution in [0.15, 0.2) is 31.0 Å². The van der Waals surface area contributed by atoms with Gasteiger partial charge in [0.15, 0.2) is 11.5 Å². The highest BCUT2D eigenvalue weighted by Crippen LogP contribution is 2.36. The van der Waals surface area contributed by atoms with Gasteiger partial charge < -0.3 is 9.88 Å². The second-order valence-electron chi connectivity index (χ2n) is 4.94. The first kappa shape index (κ1) is 11.8. The summed E-state index contributed by atoms with van der Waals surface area (Å²) in [6.45, 7) is 0. The number of fused-ring (bicyclic) bond motifs is 1. The third kappa shape index (κ3) is 2.07. The van der Waals surface area contributed by atoms with E-state index in [0.717, 1.165) is 29.7 Å². The Hall–Kier alpha value is -3.01. The van der Waals surface area contributed by atoms with Crippen LogP contribution in [0.25, 0.3) is 11.0 Å². The molecule has 0 radical (unpaired) electrons. The molecule has 3 aromatic heterocycles. The standard InChI is InChI=1S/C14H11N7/c15-4-9-5-17-14(7-16-9)21(10-1-2-10)13-3-11-12(6-18-13)20-8-19-11/h3,5-8,10H,1-2H2,(H,19,20). The highest BCUT2D eigenvalue weighted by atomic mass is 15.3. The van der Waals surface area contributed by atoms with Gasteiger partial charge in [-0.05, 0) is 12.8 Å². The predicted molar refractivity (Wildman–Crippen MR) is 75.8 cm³/mol. The maximum absolute atomic E-state index is 8.81. The van der Waals surface area contributed by atoms with Crippen LogP contribution in [0.4, 0.5) is 11.6 Å². The summed E-state index contributed by atoms with van der Waals surface area (Å²) in [5.41, 5.74) is 2.08. The van der Waals surface area contributed by atoms with Crippen LogP contribution in [0, 0.1) is 11.3 Å². The fourth-order valence-electron chi connectivity index (χ4n) is 2.28. The minimum Gasteiger partial charge on any atom is -0.343 e. The molecule has 3 heterocycles. The number of rotatable bonds is 3. The monoisotopic (exact) mass is 277 g/mol. The van der Waals surface area contributed by atoms with Gasteiger partial charge >= 0.3 is 0 Å². The molecular weight excluding hydrogens is 266 g/mol.